The SMILES string of the molecule is Cc1ccnc2c1[nH]c(=S)n2CC1CCS(=O)(=O)C1. The highest BCUT2D eigenvalue weighted by atomic mass is 32.2. The van der Waals surface area contributed by atoms with E-state index in [2.05, 4.69) is 9.97 Å². The minimum absolute atomic E-state index is 0.137. The van der Waals surface area contributed by atoms with Gasteiger partial charge in [0.2, 0.25) is 0 Å². The van der Waals surface area contributed by atoms with Gasteiger partial charge in [-0.15, -0.1) is 0 Å². The van der Waals surface area contributed by atoms with Crippen LogP contribution in [0.3, 0.4) is 0 Å². The molecule has 102 valence electrons. The van der Waals surface area contributed by atoms with Crippen LogP contribution >= 0.6 is 12.2 Å². The van der Waals surface area contributed by atoms with E-state index in [4.69, 9.17) is 12.2 Å². The summed E-state index contributed by atoms with van der Waals surface area (Å²) in [7, 11) is -2.85. The summed E-state index contributed by atoms with van der Waals surface area (Å²) in [6.45, 7) is 2.62. The Labute approximate surface area is 116 Å². The maximum absolute atomic E-state index is 11.5. The van der Waals surface area contributed by atoms with Crippen LogP contribution in [0.5, 0.6) is 0 Å². The molecule has 0 aliphatic carbocycles. The summed E-state index contributed by atoms with van der Waals surface area (Å²) >= 11 is 5.32. The van der Waals surface area contributed by atoms with Gasteiger partial charge in [0.1, 0.15) is 0 Å². The van der Waals surface area contributed by atoms with Crippen molar-refractivity contribution in [3.8, 4) is 0 Å². The first-order valence-corrected chi connectivity index (χ1v) is 8.44. The number of aromatic amines is 1. The second kappa shape index (κ2) is 4.42. The van der Waals surface area contributed by atoms with E-state index < -0.39 is 9.84 Å². The van der Waals surface area contributed by atoms with Crippen molar-refractivity contribution < 1.29 is 8.42 Å². The molecular formula is C12H15N3O2S2. The normalized spacial score (nSPS) is 22.1. The molecule has 0 amide bonds. The Morgan fingerprint density at radius 2 is 2.37 bits per heavy atom. The van der Waals surface area contributed by atoms with Gasteiger partial charge in [0.25, 0.3) is 0 Å². The van der Waals surface area contributed by atoms with Crippen LogP contribution in [0.25, 0.3) is 11.2 Å². The van der Waals surface area contributed by atoms with E-state index in [0.717, 1.165) is 16.7 Å². The molecule has 1 fully saturated rings. The molecule has 19 heavy (non-hydrogen) atoms. The number of nitrogens with zero attached hydrogens (tertiary/aromatic N) is 2. The van der Waals surface area contributed by atoms with E-state index in [1.54, 1.807) is 6.20 Å². The Balaban J connectivity index is 2.00. The van der Waals surface area contributed by atoms with Gasteiger partial charge < -0.3 is 9.55 Å². The van der Waals surface area contributed by atoms with Crippen molar-refractivity contribution in [3.63, 3.8) is 0 Å². The van der Waals surface area contributed by atoms with E-state index in [9.17, 15) is 8.42 Å². The third kappa shape index (κ3) is 2.32. The first-order chi connectivity index (χ1) is 8.96. The van der Waals surface area contributed by atoms with Crippen LogP contribution in [0.15, 0.2) is 12.3 Å². The molecule has 7 heteroatoms. The average Bonchev–Trinajstić information content (AvgIpc) is 2.83. The molecule has 1 N–H and O–H groups in total. The molecule has 2 aromatic heterocycles. The largest absolute Gasteiger partial charge is 0.329 e. The van der Waals surface area contributed by atoms with E-state index >= 15 is 0 Å². The zero-order valence-electron chi connectivity index (χ0n) is 10.6. The number of imidazole rings is 1. The fourth-order valence-electron chi connectivity index (χ4n) is 2.62. The number of sulfone groups is 1. The molecule has 1 aliphatic rings. The number of hydrogen-bond acceptors (Lipinski definition) is 4. The van der Waals surface area contributed by atoms with Crippen molar-refractivity contribution in [2.45, 2.75) is 19.9 Å². The molecule has 1 saturated heterocycles. The Morgan fingerprint density at radius 1 is 1.58 bits per heavy atom. The zero-order valence-corrected chi connectivity index (χ0v) is 12.2. The standard InChI is InChI=1S/C12H15N3O2S2/c1-8-2-4-13-11-10(8)14-12(18)15(11)6-9-3-5-19(16,17)7-9/h2,4,9H,3,5-7H2,1H3,(H,14,18). The summed E-state index contributed by atoms with van der Waals surface area (Å²) in [5.74, 6) is 0.686. The summed E-state index contributed by atoms with van der Waals surface area (Å²) in [5.41, 5.74) is 2.84. The highest BCUT2D eigenvalue weighted by Gasteiger charge is 2.28. The van der Waals surface area contributed by atoms with Crippen LogP contribution in [0.1, 0.15) is 12.0 Å². The van der Waals surface area contributed by atoms with Gasteiger partial charge in [-0.25, -0.2) is 13.4 Å². The Morgan fingerprint density at radius 3 is 3.05 bits per heavy atom. The fourth-order valence-corrected chi connectivity index (χ4v) is 4.73. The van der Waals surface area contributed by atoms with Crippen LogP contribution in [0.2, 0.25) is 0 Å². The van der Waals surface area contributed by atoms with Crippen molar-refractivity contribution in [1.82, 2.24) is 14.5 Å². The molecule has 0 saturated carbocycles. The number of hydrogen-bond donors (Lipinski definition) is 1. The number of nitrogens with one attached hydrogen (secondary N) is 1. The van der Waals surface area contributed by atoms with Crippen LogP contribution in [-0.2, 0) is 16.4 Å². The smallest absolute Gasteiger partial charge is 0.179 e. The Bertz CT molecular complexity index is 789. The first-order valence-electron chi connectivity index (χ1n) is 6.21. The van der Waals surface area contributed by atoms with Crippen LogP contribution in [0.4, 0.5) is 0 Å². The molecule has 1 unspecified atom stereocenters. The number of rotatable bonds is 2. The molecule has 0 aromatic carbocycles. The molecule has 5 nitrogen and oxygen atoms in total. The van der Waals surface area contributed by atoms with Crippen molar-refractivity contribution >= 4 is 33.2 Å². The predicted molar refractivity (Wildman–Crippen MR) is 76.4 cm³/mol. The number of aromatic nitrogens is 3. The van der Waals surface area contributed by atoms with Crippen molar-refractivity contribution in [2.24, 2.45) is 5.92 Å². The van der Waals surface area contributed by atoms with Gasteiger partial charge in [-0.1, -0.05) is 0 Å². The highest BCUT2D eigenvalue weighted by molar-refractivity contribution is 7.91. The molecule has 2 aromatic rings. The minimum atomic E-state index is -2.85. The molecule has 0 bridgehead atoms. The second-order valence-corrected chi connectivity index (χ2v) is 7.75. The lowest BCUT2D eigenvalue weighted by atomic mass is 10.1. The Hall–Kier alpha value is -1.21. The molecular weight excluding hydrogens is 282 g/mol. The molecule has 0 spiro atoms. The summed E-state index contributed by atoms with van der Waals surface area (Å²) in [5, 5.41) is 0. The first kappa shape index (κ1) is 12.8. The van der Waals surface area contributed by atoms with Crippen molar-refractivity contribution in [1.29, 1.82) is 0 Å². The van der Waals surface area contributed by atoms with E-state index in [1.807, 2.05) is 17.6 Å². The van der Waals surface area contributed by atoms with Crippen molar-refractivity contribution in [2.75, 3.05) is 11.5 Å². The summed E-state index contributed by atoms with van der Waals surface area (Å²) in [6.07, 6.45) is 2.46. The number of H-pyrrole nitrogens is 1. The summed E-state index contributed by atoms with van der Waals surface area (Å²) in [4.78, 5) is 7.51. The number of fused-ring (bicyclic) bond motifs is 1. The van der Waals surface area contributed by atoms with E-state index in [-0.39, 0.29) is 11.7 Å². The third-order valence-electron chi connectivity index (χ3n) is 3.64. The molecule has 3 rings (SSSR count). The van der Waals surface area contributed by atoms with Gasteiger partial charge in [-0.2, -0.15) is 0 Å². The lowest BCUT2D eigenvalue weighted by Crippen LogP contribution is -2.13. The van der Waals surface area contributed by atoms with Crippen LogP contribution in [-0.4, -0.2) is 34.5 Å². The molecule has 3 heterocycles. The third-order valence-corrected chi connectivity index (χ3v) is 5.80. The predicted octanol–water partition coefficient (Wildman–Crippen LogP) is 1.84. The molecule has 1 atom stereocenters. The lowest BCUT2D eigenvalue weighted by Gasteiger charge is -2.09. The lowest BCUT2D eigenvalue weighted by molar-refractivity contribution is 0.493. The number of aryl methyl sites for hydroxylation is 1. The maximum Gasteiger partial charge on any atom is 0.179 e. The summed E-state index contributed by atoms with van der Waals surface area (Å²) < 4.78 is 25.6. The Kier molecular flexibility index (Phi) is 2.98. The van der Waals surface area contributed by atoms with Crippen molar-refractivity contribution in [3.05, 3.63) is 22.6 Å². The highest BCUT2D eigenvalue weighted by Crippen LogP contribution is 2.23. The topological polar surface area (TPSA) is 67.8 Å². The van der Waals surface area contributed by atoms with Gasteiger partial charge in [-0.05, 0) is 43.1 Å². The average molecular weight is 297 g/mol. The number of pyridine rings is 1. The van der Waals surface area contributed by atoms with Gasteiger partial charge in [0.15, 0.2) is 20.3 Å². The molecule has 1 aliphatic heterocycles. The van der Waals surface area contributed by atoms with Crippen LogP contribution in [0, 0.1) is 17.6 Å². The van der Waals surface area contributed by atoms with Gasteiger partial charge in [0, 0.05) is 12.7 Å². The van der Waals surface area contributed by atoms with E-state index in [1.165, 1.54) is 0 Å². The van der Waals surface area contributed by atoms with Gasteiger partial charge >= 0.3 is 0 Å². The quantitative estimate of drug-likeness (QED) is 0.859. The zero-order chi connectivity index (χ0) is 13.6. The summed E-state index contributed by atoms with van der Waals surface area (Å²) in [6, 6.07) is 1.93. The second-order valence-electron chi connectivity index (χ2n) is 5.14. The maximum atomic E-state index is 11.5. The van der Waals surface area contributed by atoms with E-state index in [0.29, 0.717) is 23.5 Å². The monoisotopic (exact) mass is 297 g/mol. The van der Waals surface area contributed by atoms with Crippen LogP contribution < -0.4 is 0 Å². The molecule has 0 radical (unpaired) electrons. The minimum Gasteiger partial charge on any atom is -0.329 e. The van der Waals surface area contributed by atoms with Gasteiger partial charge in [-0.3, -0.25) is 0 Å². The fraction of sp³-hybridized carbons (Fsp3) is 0.500. The van der Waals surface area contributed by atoms with Gasteiger partial charge in [0.05, 0.1) is 17.0 Å².